The van der Waals surface area contributed by atoms with Crippen LogP contribution in [0.5, 0.6) is 0 Å². The second-order valence-corrected chi connectivity index (χ2v) is 5.71. The van der Waals surface area contributed by atoms with Crippen molar-refractivity contribution in [1.29, 1.82) is 0 Å². The summed E-state index contributed by atoms with van der Waals surface area (Å²) < 4.78 is 5.94. The molecule has 0 aliphatic carbocycles. The van der Waals surface area contributed by atoms with Crippen LogP contribution < -0.4 is 0 Å². The van der Waals surface area contributed by atoms with Crippen LogP contribution in [0.3, 0.4) is 0 Å². The second-order valence-electron chi connectivity index (χ2n) is 5.71. The molecule has 0 radical (unpaired) electrons. The molecular weight excluding hydrogens is 208 g/mol. The molecule has 0 spiro atoms. The summed E-state index contributed by atoms with van der Waals surface area (Å²) in [5.41, 5.74) is 0.133. The van der Waals surface area contributed by atoms with Crippen LogP contribution in [-0.4, -0.2) is 11.7 Å². The summed E-state index contributed by atoms with van der Waals surface area (Å²) in [7, 11) is 0. The SMILES string of the molecule is C/C=C\C=C\[C@@H](C)C[C@@]1(C)O[C@@H]1[C@H](C)CCC. The van der Waals surface area contributed by atoms with Crippen LogP contribution >= 0.6 is 0 Å². The maximum atomic E-state index is 5.94. The Morgan fingerprint density at radius 2 is 2.00 bits per heavy atom. The van der Waals surface area contributed by atoms with E-state index in [0.717, 1.165) is 6.42 Å². The van der Waals surface area contributed by atoms with Gasteiger partial charge in [0.1, 0.15) is 0 Å². The normalized spacial score (nSPS) is 32.2. The van der Waals surface area contributed by atoms with E-state index < -0.39 is 0 Å². The lowest BCUT2D eigenvalue weighted by atomic mass is 9.87. The van der Waals surface area contributed by atoms with Gasteiger partial charge in [-0.3, -0.25) is 0 Å². The average molecular weight is 236 g/mol. The Morgan fingerprint density at radius 1 is 1.29 bits per heavy atom. The Hall–Kier alpha value is -0.560. The number of allylic oxidation sites excluding steroid dienone is 4. The van der Waals surface area contributed by atoms with Gasteiger partial charge in [-0.25, -0.2) is 0 Å². The molecule has 1 aliphatic rings. The molecular formula is C16H28O. The zero-order valence-corrected chi connectivity index (χ0v) is 12.1. The number of ether oxygens (including phenoxy) is 1. The zero-order chi connectivity index (χ0) is 12.9. The van der Waals surface area contributed by atoms with Crippen molar-refractivity contribution in [3.63, 3.8) is 0 Å². The number of rotatable bonds is 7. The van der Waals surface area contributed by atoms with Gasteiger partial charge in [-0.2, -0.15) is 0 Å². The molecule has 0 N–H and O–H groups in total. The minimum atomic E-state index is 0.133. The standard InChI is InChI=1S/C16H28O/c1-6-8-9-11-13(3)12-16(5)15(17-16)14(4)10-7-2/h6,8-9,11,13-15H,7,10,12H2,1-5H3/b8-6-,11-9+/t13-,14-,15-,16-/m1/s1. The number of hydrogen-bond donors (Lipinski definition) is 0. The quantitative estimate of drug-likeness (QED) is 0.459. The van der Waals surface area contributed by atoms with Crippen LogP contribution in [0, 0.1) is 11.8 Å². The Kier molecular flexibility index (Phi) is 5.45. The molecule has 1 heterocycles. The second kappa shape index (κ2) is 6.39. The Morgan fingerprint density at radius 3 is 2.59 bits per heavy atom. The molecule has 1 fully saturated rings. The molecule has 0 saturated carbocycles. The maximum Gasteiger partial charge on any atom is 0.0928 e. The van der Waals surface area contributed by atoms with E-state index in [0.29, 0.717) is 17.9 Å². The minimum absolute atomic E-state index is 0.133. The van der Waals surface area contributed by atoms with Crippen LogP contribution in [-0.2, 0) is 4.74 Å². The summed E-state index contributed by atoms with van der Waals surface area (Å²) in [6.07, 6.45) is 12.7. The molecule has 1 rings (SSSR count). The summed E-state index contributed by atoms with van der Waals surface area (Å²) in [5, 5.41) is 0. The predicted octanol–water partition coefficient (Wildman–Crippen LogP) is 4.74. The lowest BCUT2D eigenvalue weighted by Gasteiger charge is -2.13. The first-order chi connectivity index (χ1) is 8.03. The van der Waals surface area contributed by atoms with Gasteiger partial charge in [0.2, 0.25) is 0 Å². The van der Waals surface area contributed by atoms with E-state index in [-0.39, 0.29) is 5.60 Å². The fourth-order valence-electron chi connectivity index (χ4n) is 2.82. The van der Waals surface area contributed by atoms with Crippen LogP contribution in [0.2, 0.25) is 0 Å². The van der Waals surface area contributed by atoms with E-state index in [1.165, 1.54) is 12.8 Å². The highest BCUT2D eigenvalue weighted by atomic mass is 16.6. The molecule has 0 aromatic rings. The molecule has 1 nitrogen and oxygen atoms in total. The smallest absolute Gasteiger partial charge is 0.0928 e. The lowest BCUT2D eigenvalue weighted by Crippen LogP contribution is -2.18. The summed E-state index contributed by atoms with van der Waals surface area (Å²) in [5.74, 6) is 1.30. The van der Waals surface area contributed by atoms with Crippen molar-refractivity contribution in [1.82, 2.24) is 0 Å². The van der Waals surface area contributed by atoms with Gasteiger partial charge in [0, 0.05) is 0 Å². The van der Waals surface area contributed by atoms with Crippen LogP contribution in [0.25, 0.3) is 0 Å². The van der Waals surface area contributed by atoms with E-state index in [1.54, 1.807) is 0 Å². The van der Waals surface area contributed by atoms with Crippen molar-refractivity contribution in [3.8, 4) is 0 Å². The predicted molar refractivity (Wildman–Crippen MR) is 75.1 cm³/mol. The summed E-state index contributed by atoms with van der Waals surface area (Å²) in [6.45, 7) is 11.2. The Labute approximate surface area is 107 Å². The first-order valence-electron chi connectivity index (χ1n) is 7.00. The third-order valence-corrected chi connectivity index (χ3v) is 3.67. The highest BCUT2D eigenvalue weighted by molar-refractivity contribution is 5.07. The minimum Gasteiger partial charge on any atom is -0.366 e. The summed E-state index contributed by atoms with van der Waals surface area (Å²) >= 11 is 0. The van der Waals surface area contributed by atoms with Crippen molar-refractivity contribution >= 4 is 0 Å². The van der Waals surface area contributed by atoms with Gasteiger partial charge in [0.05, 0.1) is 11.7 Å². The average Bonchev–Trinajstić information content (AvgIpc) is 2.91. The van der Waals surface area contributed by atoms with Crippen molar-refractivity contribution < 1.29 is 4.74 Å². The van der Waals surface area contributed by atoms with E-state index in [2.05, 4.69) is 52.0 Å². The molecule has 1 saturated heterocycles. The molecule has 0 aromatic carbocycles. The molecule has 17 heavy (non-hydrogen) atoms. The van der Waals surface area contributed by atoms with Gasteiger partial charge in [-0.15, -0.1) is 0 Å². The molecule has 98 valence electrons. The van der Waals surface area contributed by atoms with E-state index in [4.69, 9.17) is 4.74 Å². The van der Waals surface area contributed by atoms with Crippen molar-refractivity contribution in [3.05, 3.63) is 24.3 Å². The van der Waals surface area contributed by atoms with Crippen molar-refractivity contribution in [2.75, 3.05) is 0 Å². The highest BCUT2D eigenvalue weighted by Crippen LogP contribution is 2.46. The highest BCUT2D eigenvalue weighted by Gasteiger charge is 2.54. The number of hydrogen-bond acceptors (Lipinski definition) is 1. The molecule has 1 heteroatoms. The third-order valence-electron chi connectivity index (χ3n) is 3.67. The Bertz CT molecular complexity index is 279. The summed E-state index contributed by atoms with van der Waals surface area (Å²) in [6, 6.07) is 0. The Balaban J connectivity index is 2.37. The molecule has 4 atom stereocenters. The monoisotopic (exact) mass is 236 g/mol. The van der Waals surface area contributed by atoms with Crippen LogP contribution in [0.15, 0.2) is 24.3 Å². The van der Waals surface area contributed by atoms with Gasteiger partial charge < -0.3 is 4.74 Å². The topological polar surface area (TPSA) is 12.5 Å². The fourth-order valence-corrected chi connectivity index (χ4v) is 2.82. The van der Waals surface area contributed by atoms with Gasteiger partial charge in [-0.05, 0) is 38.5 Å². The zero-order valence-electron chi connectivity index (χ0n) is 12.1. The number of epoxide rings is 1. The van der Waals surface area contributed by atoms with Crippen molar-refractivity contribution in [2.24, 2.45) is 11.8 Å². The first kappa shape index (κ1) is 14.5. The van der Waals surface area contributed by atoms with E-state index in [1.807, 2.05) is 6.92 Å². The van der Waals surface area contributed by atoms with E-state index >= 15 is 0 Å². The molecule has 0 unspecified atom stereocenters. The van der Waals surface area contributed by atoms with Crippen molar-refractivity contribution in [2.45, 2.75) is 65.6 Å². The first-order valence-corrected chi connectivity index (χ1v) is 7.00. The van der Waals surface area contributed by atoms with E-state index in [9.17, 15) is 0 Å². The van der Waals surface area contributed by atoms with Gasteiger partial charge >= 0.3 is 0 Å². The van der Waals surface area contributed by atoms with Gasteiger partial charge in [0.15, 0.2) is 0 Å². The maximum absolute atomic E-state index is 5.94. The molecule has 0 amide bonds. The molecule has 0 bridgehead atoms. The van der Waals surface area contributed by atoms with Gasteiger partial charge in [-0.1, -0.05) is 51.5 Å². The van der Waals surface area contributed by atoms with Gasteiger partial charge in [0.25, 0.3) is 0 Å². The largest absolute Gasteiger partial charge is 0.366 e. The third kappa shape index (κ3) is 4.31. The van der Waals surface area contributed by atoms with Crippen LogP contribution in [0.4, 0.5) is 0 Å². The van der Waals surface area contributed by atoms with Crippen LogP contribution in [0.1, 0.15) is 53.9 Å². The summed E-state index contributed by atoms with van der Waals surface area (Å²) in [4.78, 5) is 0. The molecule has 1 aliphatic heterocycles. The fraction of sp³-hybridized carbons (Fsp3) is 0.750. The lowest BCUT2D eigenvalue weighted by molar-refractivity contribution is 0.267. The molecule has 0 aromatic heterocycles.